The molecule has 1 aromatic carbocycles. The zero-order valence-corrected chi connectivity index (χ0v) is 14.4. The maximum Gasteiger partial charge on any atom is 0.156 e. The second-order valence-corrected chi connectivity index (χ2v) is 7.07. The van der Waals surface area contributed by atoms with E-state index in [4.69, 9.17) is 9.47 Å². The first-order chi connectivity index (χ1) is 11.3. The Morgan fingerprint density at radius 2 is 1.17 bits per heavy atom. The van der Waals surface area contributed by atoms with Gasteiger partial charge in [-0.1, -0.05) is 37.4 Å². The third kappa shape index (κ3) is 2.84. The molecule has 2 fully saturated rings. The van der Waals surface area contributed by atoms with Crippen molar-refractivity contribution in [2.45, 2.75) is 63.3 Å². The van der Waals surface area contributed by atoms with Crippen LogP contribution in [0.2, 0.25) is 0 Å². The van der Waals surface area contributed by atoms with Crippen molar-refractivity contribution in [2.24, 2.45) is 0 Å². The van der Waals surface area contributed by atoms with Crippen LogP contribution in [0.3, 0.4) is 0 Å². The number of ether oxygens (including phenoxy) is 2. The fourth-order valence-electron chi connectivity index (χ4n) is 3.55. The summed E-state index contributed by atoms with van der Waals surface area (Å²) in [4.78, 5) is 0. The van der Waals surface area contributed by atoms with Gasteiger partial charge < -0.3 is 19.7 Å². The van der Waals surface area contributed by atoms with E-state index in [0.29, 0.717) is 12.8 Å². The van der Waals surface area contributed by atoms with Crippen LogP contribution in [0.5, 0.6) is 0 Å². The lowest BCUT2D eigenvalue weighted by atomic mass is 9.80. The maximum absolute atomic E-state index is 9.86. The molecule has 24 heavy (non-hydrogen) atoms. The molecule has 2 aliphatic rings. The van der Waals surface area contributed by atoms with E-state index in [1.165, 1.54) is 0 Å². The molecule has 0 aromatic heterocycles. The minimum atomic E-state index is -0.769. The quantitative estimate of drug-likeness (QED) is 0.815. The first-order valence-electron chi connectivity index (χ1n) is 8.45. The molecule has 4 nitrogen and oxygen atoms in total. The van der Waals surface area contributed by atoms with Crippen molar-refractivity contribution in [1.82, 2.24) is 0 Å². The average Bonchev–Trinajstić information content (AvgIpc) is 2.55. The summed E-state index contributed by atoms with van der Waals surface area (Å²) in [6, 6.07) is 7.89. The zero-order valence-electron chi connectivity index (χ0n) is 14.4. The third-order valence-corrected chi connectivity index (χ3v) is 5.47. The topological polar surface area (TPSA) is 58.9 Å². The molecule has 2 aliphatic heterocycles. The molecule has 4 heteroatoms. The SMILES string of the molecule is C=C1CCC(O)OC1(C)c1ccc(C2(C)OC(O)CCC2=C)cc1. The Morgan fingerprint density at radius 3 is 1.50 bits per heavy atom. The largest absolute Gasteiger partial charge is 0.368 e. The molecule has 0 amide bonds. The van der Waals surface area contributed by atoms with Gasteiger partial charge in [0.15, 0.2) is 12.6 Å². The van der Waals surface area contributed by atoms with E-state index in [0.717, 1.165) is 35.1 Å². The third-order valence-electron chi connectivity index (χ3n) is 5.47. The van der Waals surface area contributed by atoms with Crippen LogP contribution in [0, 0.1) is 0 Å². The fraction of sp³-hybridized carbons (Fsp3) is 0.500. The Morgan fingerprint density at radius 1 is 0.833 bits per heavy atom. The van der Waals surface area contributed by atoms with Crippen LogP contribution >= 0.6 is 0 Å². The Balaban J connectivity index is 1.90. The molecule has 3 rings (SSSR count). The van der Waals surface area contributed by atoms with Crippen LogP contribution in [-0.4, -0.2) is 22.8 Å². The van der Waals surface area contributed by atoms with Gasteiger partial charge in [0, 0.05) is 12.8 Å². The minimum absolute atomic E-state index is 0.579. The molecule has 0 aliphatic carbocycles. The standard InChI is InChI=1S/C20H26O4/c1-13-5-11-17(21)23-19(13,3)15-7-9-16(10-8-15)20(4)14(2)6-12-18(22)24-20/h7-10,17-18,21-22H,1-2,5-6,11-12H2,3-4H3. The van der Waals surface area contributed by atoms with Crippen molar-refractivity contribution in [3.8, 4) is 0 Å². The molecule has 4 atom stereocenters. The summed E-state index contributed by atoms with van der Waals surface area (Å²) in [6.07, 6.45) is 1.10. The molecule has 2 heterocycles. The number of hydrogen-bond acceptors (Lipinski definition) is 4. The van der Waals surface area contributed by atoms with Gasteiger partial charge in [0.1, 0.15) is 11.2 Å². The van der Waals surface area contributed by atoms with Gasteiger partial charge in [-0.2, -0.15) is 0 Å². The molecule has 0 bridgehead atoms. The number of rotatable bonds is 2. The molecule has 2 N–H and O–H groups in total. The number of hydrogen-bond donors (Lipinski definition) is 2. The van der Waals surface area contributed by atoms with Crippen LogP contribution in [0.15, 0.2) is 48.6 Å². The van der Waals surface area contributed by atoms with Gasteiger partial charge >= 0.3 is 0 Å². The van der Waals surface area contributed by atoms with Crippen molar-refractivity contribution in [3.63, 3.8) is 0 Å². The smallest absolute Gasteiger partial charge is 0.156 e. The Labute approximate surface area is 143 Å². The normalized spacial score (nSPS) is 37.5. The van der Waals surface area contributed by atoms with Crippen molar-refractivity contribution >= 4 is 0 Å². The van der Waals surface area contributed by atoms with Crippen molar-refractivity contribution in [1.29, 1.82) is 0 Å². The Hall–Kier alpha value is -1.46. The fourth-order valence-corrected chi connectivity index (χ4v) is 3.55. The highest BCUT2D eigenvalue weighted by atomic mass is 16.6. The van der Waals surface area contributed by atoms with E-state index in [1.807, 2.05) is 38.1 Å². The molecule has 4 unspecified atom stereocenters. The lowest BCUT2D eigenvalue weighted by Gasteiger charge is -2.41. The maximum atomic E-state index is 9.86. The average molecular weight is 330 g/mol. The van der Waals surface area contributed by atoms with Crippen LogP contribution < -0.4 is 0 Å². The predicted molar refractivity (Wildman–Crippen MR) is 92.1 cm³/mol. The van der Waals surface area contributed by atoms with E-state index in [9.17, 15) is 10.2 Å². The highest BCUT2D eigenvalue weighted by Gasteiger charge is 2.39. The second kappa shape index (κ2) is 6.12. The van der Waals surface area contributed by atoms with Crippen LogP contribution in [0.25, 0.3) is 0 Å². The lowest BCUT2D eigenvalue weighted by molar-refractivity contribution is -0.189. The van der Waals surface area contributed by atoms with E-state index in [2.05, 4.69) is 13.2 Å². The van der Waals surface area contributed by atoms with E-state index in [1.54, 1.807) is 0 Å². The Kier molecular flexibility index (Phi) is 4.43. The van der Waals surface area contributed by atoms with Crippen molar-refractivity contribution < 1.29 is 19.7 Å². The van der Waals surface area contributed by atoms with E-state index >= 15 is 0 Å². The molecular formula is C20H26O4. The molecule has 2 saturated heterocycles. The van der Waals surface area contributed by atoms with Crippen LogP contribution in [0.1, 0.15) is 50.7 Å². The summed E-state index contributed by atoms with van der Waals surface area (Å²) in [5.74, 6) is 0. The van der Waals surface area contributed by atoms with Gasteiger partial charge in [0.2, 0.25) is 0 Å². The second-order valence-electron chi connectivity index (χ2n) is 7.07. The van der Waals surface area contributed by atoms with Gasteiger partial charge in [-0.05, 0) is 49.0 Å². The van der Waals surface area contributed by atoms with Crippen molar-refractivity contribution in [2.75, 3.05) is 0 Å². The highest BCUT2D eigenvalue weighted by Crippen LogP contribution is 2.43. The van der Waals surface area contributed by atoms with E-state index in [-0.39, 0.29) is 0 Å². The summed E-state index contributed by atoms with van der Waals surface area (Å²) >= 11 is 0. The van der Waals surface area contributed by atoms with Gasteiger partial charge in [0.25, 0.3) is 0 Å². The zero-order chi connectivity index (χ0) is 17.5. The molecule has 130 valence electrons. The lowest BCUT2D eigenvalue weighted by Crippen LogP contribution is -2.38. The summed E-state index contributed by atoms with van der Waals surface area (Å²) in [5.41, 5.74) is 2.42. The van der Waals surface area contributed by atoms with E-state index < -0.39 is 23.8 Å². The van der Waals surface area contributed by atoms with Crippen LogP contribution in [0.4, 0.5) is 0 Å². The van der Waals surface area contributed by atoms with Crippen molar-refractivity contribution in [3.05, 3.63) is 59.7 Å². The van der Waals surface area contributed by atoms with Gasteiger partial charge in [-0.25, -0.2) is 0 Å². The summed E-state index contributed by atoms with van der Waals surface area (Å²) in [7, 11) is 0. The molecule has 1 aromatic rings. The van der Waals surface area contributed by atoms with Gasteiger partial charge in [0.05, 0.1) is 0 Å². The highest BCUT2D eigenvalue weighted by molar-refractivity contribution is 5.39. The molecular weight excluding hydrogens is 304 g/mol. The molecule has 0 radical (unpaired) electrons. The molecule has 0 spiro atoms. The van der Waals surface area contributed by atoms with Gasteiger partial charge in [-0.15, -0.1) is 0 Å². The van der Waals surface area contributed by atoms with Gasteiger partial charge in [-0.3, -0.25) is 0 Å². The number of aliphatic hydroxyl groups is 2. The summed E-state index contributed by atoms with van der Waals surface area (Å²) < 4.78 is 11.6. The summed E-state index contributed by atoms with van der Waals surface area (Å²) in [5, 5.41) is 19.7. The predicted octanol–water partition coefficient (Wildman–Crippen LogP) is 3.49. The minimum Gasteiger partial charge on any atom is -0.368 e. The molecule has 0 saturated carbocycles. The first kappa shape index (κ1) is 17.4. The number of aliphatic hydroxyl groups excluding tert-OH is 2. The monoisotopic (exact) mass is 330 g/mol. The number of benzene rings is 1. The summed E-state index contributed by atoms with van der Waals surface area (Å²) in [6.45, 7) is 12.1. The van der Waals surface area contributed by atoms with Crippen LogP contribution in [-0.2, 0) is 20.7 Å². The first-order valence-corrected chi connectivity index (χ1v) is 8.45. The Bertz CT molecular complexity index is 593.